The molecule has 5 heteroatoms. The van der Waals surface area contributed by atoms with Crippen LogP contribution in [0, 0.1) is 0 Å². The molecule has 110 valence electrons. The topological polar surface area (TPSA) is 76.0 Å². The molecule has 20 heavy (non-hydrogen) atoms. The molecule has 1 aliphatic heterocycles. The highest BCUT2D eigenvalue weighted by Gasteiger charge is 2.51. The van der Waals surface area contributed by atoms with Crippen molar-refractivity contribution in [2.45, 2.75) is 51.0 Å². The molecule has 2 rings (SSSR count). The molecule has 1 fully saturated rings. The molecule has 0 amide bonds. The lowest BCUT2D eigenvalue weighted by Crippen LogP contribution is -2.62. The molecule has 0 saturated carbocycles. The Morgan fingerprint density at radius 2 is 2.10 bits per heavy atom. The van der Waals surface area contributed by atoms with E-state index < -0.39 is 29.9 Å². The molecule has 0 bridgehead atoms. The zero-order valence-electron chi connectivity index (χ0n) is 11.7. The first-order valence-corrected chi connectivity index (χ1v) is 6.67. The van der Waals surface area contributed by atoms with E-state index in [1.807, 2.05) is 30.3 Å². The highest BCUT2D eigenvalue weighted by molar-refractivity contribution is 5.86. The number of rotatable bonds is 4. The van der Waals surface area contributed by atoms with E-state index in [0.717, 1.165) is 5.56 Å². The van der Waals surface area contributed by atoms with Gasteiger partial charge in [-0.2, -0.15) is 0 Å². The highest BCUT2D eigenvalue weighted by atomic mass is 16.7. The van der Waals surface area contributed by atoms with Gasteiger partial charge in [0.05, 0.1) is 18.8 Å². The number of carbonyl (C=O) groups excluding carboxylic acids is 1. The normalized spacial score (nSPS) is 33.9. The van der Waals surface area contributed by atoms with Gasteiger partial charge in [-0.3, -0.25) is 4.79 Å². The van der Waals surface area contributed by atoms with E-state index >= 15 is 0 Å². The second-order valence-electron chi connectivity index (χ2n) is 5.14. The van der Waals surface area contributed by atoms with Crippen LogP contribution in [0.1, 0.15) is 25.8 Å². The van der Waals surface area contributed by atoms with Gasteiger partial charge in [-0.25, -0.2) is 0 Å². The van der Waals surface area contributed by atoms with Crippen molar-refractivity contribution < 1.29 is 24.5 Å². The first kappa shape index (κ1) is 15.1. The van der Waals surface area contributed by atoms with Gasteiger partial charge >= 0.3 is 0 Å². The molecule has 0 aliphatic carbocycles. The minimum absolute atomic E-state index is 0.0628. The van der Waals surface area contributed by atoms with Crippen LogP contribution in [0.5, 0.6) is 0 Å². The van der Waals surface area contributed by atoms with Gasteiger partial charge in [0.25, 0.3) is 0 Å². The molecule has 0 spiro atoms. The summed E-state index contributed by atoms with van der Waals surface area (Å²) >= 11 is 0. The van der Waals surface area contributed by atoms with Gasteiger partial charge in [0.2, 0.25) is 0 Å². The fourth-order valence-corrected chi connectivity index (χ4v) is 2.41. The zero-order chi connectivity index (χ0) is 14.8. The smallest absolute Gasteiger partial charge is 0.174 e. The van der Waals surface area contributed by atoms with Crippen LogP contribution in [0.15, 0.2) is 30.3 Å². The Bertz CT molecular complexity index is 447. The standard InChI is InChI=1S/C15H20O5/c1-10(16)15(18)11(2)20-14(8-13(15)17)19-9-12-6-4-3-5-7-12/h3-7,11,13-14,17-18H,8-9H2,1-2H3/t11-,13+,14+,15+/m0/s1. The molecule has 0 unspecified atom stereocenters. The van der Waals surface area contributed by atoms with Gasteiger partial charge in [-0.15, -0.1) is 0 Å². The van der Waals surface area contributed by atoms with Gasteiger partial charge in [0.15, 0.2) is 17.7 Å². The van der Waals surface area contributed by atoms with E-state index in [0.29, 0.717) is 6.61 Å². The van der Waals surface area contributed by atoms with Crippen molar-refractivity contribution in [3.8, 4) is 0 Å². The fraction of sp³-hybridized carbons (Fsp3) is 0.533. The molecule has 0 aromatic heterocycles. The van der Waals surface area contributed by atoms with Crippen molar-refractivity contribution >= 4 is 5.78 Å². The van der Waals surface area contributed by atoms with E-state index in [1.165, 1.54) is 6.92 Å². The molecule has 2 N–H and O–H groups in total. The molecular weight excluding hydrogens is 260 g/mol. The molecule has 1 aromatic carbocycles. The second kappa shape index (κ2) is 6.01. The summed E-state index contributed by atoms with van der Waals surface area (Å²) < 4.78 is 11.1. The van der Waals surface area contributed by atoms with Crippen LogP contribution in [-0.4, -0.2) is 40.1 Å². The van der Waals surface area contributed by atoms with Crippen molar-refractivity contribution in [2.75, 3.05) is 0 Å². The first-order valence-electron chi connectivity index (χ1n) is 6.67. The summed E-state index contributed by atoms with van der Waals surface area (Å²) in [7, 11) is 0. The lowest BCUT2D eigenvalue weighted by atomic mass is 9.83. The summed E-state index contributed by atoms with van der Waals surface area (Å²) in [5.41, 5.74) is -0.863. The number of ketones is 1. The number of hydrogen-bond acceptors (Lipinski definition) is 5. The van der Waals surface area contributed by atoms with Crippen molar-refractivity contribution in [3.05, 3.63) is 35.9 Å². The van der Waals surface area contributed by atoms with Crippen LogP contribution in [0.25, 0.3) is 0 Å². The lowest BCUT2D eigenvalue weighted by Gasteiger charge is -2.42. The van der Waals surface area contributed by atoms with Crippen molar-refractivity contribution in [1.82, 2.24) is 0 Å². The largest absolute Gasteiger partial charge is 0.389 e. The van der Waals surface area contributed by atoms with Gasteiger partial charge in [-0.1, -0.05) is 30.3 Å². The van der Waals surface area contributed by atoms with Gasteiger partial charge < -0.3 is 19.7 Å². The summed E-state index contributed by atoms with van der Waals surface area (Å²) in [5.74, 6) is -0.501. The molecule has 1 aromatic rings. The molecule has 1 aliphatic rings. The zero-order valence-corrected chi connectivity index (χ0v) is 11.7. The van der Waals surface area contributed by atoms with E-state index in [9.17, 15) is 15.0 Å². The maximum atomic E-state index is 11.5. The summed E-state index contributed by atoms with van der Waals surface area (Å²) in [4.78, 5) is 11.5. The van der Waals surface area contributed by atoms with E-state index in [1.54, 1.807) is 6.92 Å². The van der Waals surface area contributed by atoms with E-state index in [-0.39, 0.29) is 6.42 Å². The Morgan fingerprint density at radius 1 is 1.45 bits per heavy atom. The molecular formula is C15H20O5. The number of hydrogen-bond donors (Lipinski definition) is 2. The highest BCUT2D eigenvalue weighted by Crippen LogP contribution is 2.31. The molecule has 5 nitrogen and oxygen atoms in total. The molecule has 1 heterocycles. The van der Waals surface area contributed by atoms with Crippen LogP contribution < -0.4 is 0 Å². The number of ether oxygens (including phenoxy) is 2. The third-order valence-electron chi connectivity index (χ3n) is 3.74. The lowest BCUT2D eigenvalue weighted by molar-refractivity contribution is -0.275. The Kier molecular flexibility index (Phi) is 4.55. The predicted molar refractivity (Wildman–Crippen MR) is 71.8 cm³/mol. The van der Waals surface area contributed by atoms with E-state index in [4.69, 9.17) is 9.47 Å². The Morgan fingerprint density at radius 3 is 2.65 bits per heavy atom. The number of Topliss-reactive ketones (excluding diaryl/α,β-unsaturated/α-hetero) is 1. The average molecular weight is 280 g/mol. The van der Waals surface area contributed by atoms with E-state index in [2.05, 4.69) is 0 Å². The van der Waals surface area contributed by atoms with Crippen LogP contribution in [0.4, 0.5) is 0 Å². The minimum atomic E-state index is -1.85. The third-order valence-corrected chi connectivity index (χ3v) is 3.74. The molecule has 0 radical (unpaired) electrons. The third kappa shape index (κ3) is 2.91. The quantitative estimate of drug-likeness (QED) is 0.861. The number of carbonyl (C=O) groups is 1. The van der Waals surface area contributed by atoms with Crippen molar-refractivity contribution in [3.63, 3.8) is 0 Å². The molecule has 4 atom stereocenters. The SMILES string of the molecule is CC(=O)[C@]1(O)[C@H](O)C[C@H](OCc2ccccc2)O[C@H]1C. The van der Waals surface area contributed by atoms with Gasteiger partial charge in [0.1, 0.15) is 0 Å². The van der Waals surface area contributed by atoms with Crippen molar-refractivity contribution in [1.29, 1.82) is 0 Å². The first-order chi connectivity index (χ1) is 9.44. The number of aliphatic hydroxyl groups excluding tert-OH is 1. The summed E-state index contributed by atoms with van der Waals surface area (Å²) in [5, 5.41) is 20.2. The monoisotopic (exact) mass is 280 g/mol. The maximum absolute atomic E-state index is 11.5. The Labute approximate surface area is 118 Å². The van der Waals surface area contributed by atoms with Gasteiger partial charge in [-0.05, 0) is 19.4 Å². The Hall–Kier alpha value is -1.27. The fourth-order valence-electron chi connectivity index (χ4n) is 2.41. The predicted octanol–water partition coefficient (Wildman–Crippen LogP) is 1.02. The average Bonchev–Trinajstić information content (AvgIpc) is 2.43. The summed E-state index contributed by atoms with van der Waals surface area (Å²) in [6.07, 6.45) is -2.58. The van der Waals surface area contributed by atoms with Gasteiger partial charge in [0, 0.05) is 6.42 Å². The van der Waals surface area contributed by atoms with Crippen LogP contribution in [-0.2, 0) is 20.9 Å². The summed E-state index contributed by atoms with van der Waals surface area (Å²) in [6, 6.07) is 9.58. The van der Waals surface area contributed by atoms with Crippen LogP contribution >= 0.6 is 0 Å². The van der Waals surface area contributed by atoms with Crippen LogP contribution in [0.3, 0.4) is 0 Å². The maximum Gasteiger partial charge on any atom is 0.174 e. The summed E-state index contributed by atoms with van der Waals surface area (Å²) in [6.45, 7) is 3.15. The van der Waals surface area contributed by atoms with Crippen LogP contribution in [0.2, 0.25) is 0 Å². The van der Waals surface area contributed by atoms with Crippen molar-refractivity contribution in [2.24, 2.45) is 0 Å². The minimum Gasteiger partial charge on any atom is -0.389 e. The second-order valence-corrected chi connectivity index (χ2v) is 5.14. The molecule has 1 saturated heterocycles. The Balaban J connectivity index is 1.96. The number of benzene rings is 1. The number of aliphatic hydroxyl groups is 2.